The van der Waals surface area contributed by atoms with Crippen LogP contribution in [0.25, 0.3) is 27.8 Å². The topological polar surface area (TPSA) is 91.0 Å². The predicted octanol–water partition coefficient (Wildman–Crippen LogP) is 5.46. The Hall–Kier alpha value is -5.31. The summed E-state index contributed by atoms with van der Waals surface area (Å²) in [5, 5.41) is 3.93. The maximum Gasteiger partial charge on any atom is 0.261 e. The molecule has 0 fully saturated rings. The third-order valence-corrected chi connectivity index (χ3v) is 6.18. The van der Waals surface area contributed by atoms with Gasteiger partial charge in [0.05, 0.1) is 10.8 Å². The number of ether oxygens (including phenoxy) is 1. The van der Waals surface area contributed by atoms with Gasteiger partial charge in [-0.2, -0.15) is 0 Å². The first-order valence-corrected chi connectivity index (χ1v) is 11.7. The van der Waals surface area contributed by atoms with Crippen molar-refractivity contribution in [2.24, 2.45) is 7.05 Å². The molecule has 6 aromatic rings. The van der Waals surface area contributed by atoms with Crippen molar-refractivity contribution in [3.05, 3.63) is 119 Å². The molecule has 0 aliphatic rings. The Kier molecular flexibility index (Phi) is 5.65. The highest BCUT2D eigenvalue weighted by molar-refractivity contribution is 6.05. The molecule has 0 radical (unpaired) electrons. The lowest BCUT2D eigenvalue weighted by molar-refractivity contribution is 0.102. The van der Waals surface area contributed by atoms with Gasteiger partial charge >= 0.3 is 0 Å². The minimum Gasteiger partial charge on any atom is -0.457 e. The molecule has 1 amide bonds. The van der Waals surface area contributed by atoms with Crippen molar-refractivity contribution in [3.8, 4) is 17.2 Å². The van der Waals surface area contributed by atoms with Crippen LogP contribution in [0, 0.1) is 5.82 Å². The molecule has 0 saturated heterocycles. The monoisotopic (exact) mass is 505 g/mol. The summed E-state index contributed by atoms with van der Waals surface area (Å²) in [5.41, 5.74) is 1.70. The van der Waals surface area contributed by atoms with E-state index in [9.17, 15) is 14.0 Å². The van der Waals surface area contributed by atoms with Crippen molar-refractivity contribution in [2.45, 2.75) is 0 Å². The molecular formula is C29H20FN5O3. The first-order valence-electron chi connectivity index (χ1n) is 11.7. The molecule has 0 aliphatic carbocycles. The molecule has 6 rings (SSSR count). The van der Waals surface area contributed by atoms with E-state index in [1.54, 1.807) is 71.6 Å². The number of pyridine rings is 3. The second kappa shape index (κ2) is 9.29. The number of rotatable bonds is 5. The Morgan fingerprint density at radius 3 is 2.45 bits per heavy atom. The van der Waals surface area contributed by atoms with Crippen LogP contribution in [0.5, 0.6) is 11.5 Å². The zero-order chi connectivity index (χ0) is 26.2. The summed E-state index contributed by atoms with van der Waals surface area (Å²) in [7, 11) is 1.91. The molecule has 0 atom stereocenters. The molecule has 186 valence electrons. The van der Waals surface area contributed by atoms with Gasteiger partial charge in [0.2, 0.25) is 5.43 Å². The second-order valence-electron chi connectivity index (χ2n) is 8.65. The summed E-state index contributed by atoms with van der Waals surface area (Å²) in [5.74, 6) is 0.272. The van der Waals surface area contributed by atoms with E-state index in [1.807, 2.05) is 23.9 Å². The van der Waals surface area contributed by atoms with Crippen molar-refractivity contribution in [1.82, 2.24) is 19.1 Å². The maximum atomic E-state index is 13.5. The van der Waals surface area contributed by atoms with Crippen molar-refractivity contribution < 1.29 is 13.9 Å². The number of benzene rings is 2. The highest BCUT2D eigenvalue weighted by atomic mass is 19.1. The summed E-state index contributed by atoms with van der Waals surface area (Å²) in [6.07, 6.45) is 6.58. The van der Waals surface area contributed by atoms with Crippen LogP contribution in [0.1, 0.15) is 10.4 Å². The zero-order valence-electron chi connectivity index (χ0n) is 20.1. The molecule has 38 heavy (non-hydrogen) atoms. The molecule has 0 bridgehead atoms. The Balaban J connectivity index is 1.28. The smallest absolute Gasteiger partial charge is 0.261 e. The number of carbonyl (C=O) groups is 1. The molecule has 9 heteroatoms. The fourth-order valence-electron chi connectivity index (χ4n) is 4.28. The predicted molar refractivity (Wildman–Crippen MR) is 142 cm³/mol. The van der Waals surface area contributed by atoms with Gasteiger partial charge in [-0.1, -0.05) is 0 Å². The number of halogens is 1. The van der Waals surface area contributed by atoms with Gasteiger partial charge in [-0.25, -0.2) is 14.4 Å². The molecule has 0 aliphatic heterocycles. The average molecular weight is 506 g/mol. The average Bonchev–Trinajstić information content (AvgIpc) is 3.32. The summed E-state index contributed by atoms with van der Waals surface area (Å²) in [6.45, 7) is 0. The van der Waals surface area contributed by atoms with Crippen LogP contribution in [0.15, 0.2) is 102 Å². The van der Waals surface area contributed by atoms with E-state index in [0.717, 1.165) is 11.0 Å². The maximum absolute atomic E-state index is 13.5. The largest absolute Gasteiger partial charge is 0.457 e. The van der Waals surface area contributed by atoms with Gasteiger partial charge in [-0.05, 0) is 72.8 Å². The van der Waals surface area contributed by atoms with Gasteiger partial charge in [0.15, 0.2) is 0 Å². The molecule has 1 N–H and O–H groups in total. The van der Waals surface area contributed by atoms with Crippen molar-refractivity contribution >= 4 is 33.7 Å². The zero-order valence-corrected chi connectivity index (χ0v) is 20.1. The van der Waals surface area contributed by atoms with Gasteiger partial charge in [-0.15, -0.1) is 0 Å². The van der Waals surface area contributed by atoms with E-state index in [-0.39, 0.29) is 10.9 Å². The minimum absolute atomic E-state index is 0.0709. The van der Waals surface area contributed by atoms with E-state index in [0.29, 0.717) is 28.5 Å². The number of aromatic nitrogens is 4. The number of aryl methyl sites for hydroxylation is 1. The van der Waals surface area contributed by atoms with Crippen LogP contribution >= 0.6 is 0 Å². The van der Waals surface area contributed by atoms with Crippen molar-refractivity contribution in [2.75, 3.05) is 5.32 Å². The Morgan fingerprint density at radius 2 is 1.66 bits per heavy atom. The molecule has 0 saturated carbocycles. The molecule has 0 unspecified atom stereocenters. The lowest BCUT2D eigenvalue weighted by Gasteiger charge is -2.13. The van der Waals surface area contributed by atoms with Gasteiger partial charge in [0.25, 0.3) is 5.91 Å². The standard InChI is InChI=1S/C29H20FN5O3/c1-34-16-13-22-25(12-15-32-27(22)34)38-21-10-6-19(7-11-21)33-29(37)24-17-35(20-8-4-18(30)5-9-20)28-23(26(24)36)3-2-14-31-28/h2-17H,1H3,(H,33,37). The number of nitrogens with zero attached hydrogens (tertiary/aromatic N) is 4. The Bertz CT molecular complexity index is 1880. The highest BCUT2D eigenvalue weighted by Gasteiger charge is 2.17. The quantitative estimate of drug-likeness (QED) is 0.336. The molecule has 4 heterocycles. The number of amides is 1. The Labute approximate surface area is 215 Å². The Morgan fingerprint density at radius 1 is 0.895 bits per heavy atom. The van der Waals surface area contributed by atoms with E-state index in [1.165, 1.54) is 18.3 Å². The molecule has 8 nitrogen and oxygen atoms in total. The fourth-order valence-corrected chi connectivity index (χ4v) is 4.28. The number of hydrogen-bond donors (Lipinski definition) is 1. The minimum atomic E-state index is -0.578. The number of anilines is 1. The van der Waals surface area contributed by atoms with Gasteiger partial charge in [0, 0.05) is 43.2 Å². The SMILES string of the molecule is Cn1ccc2c(Oc3ccc(NC(=O)c4cn(-c5ccc(F)cc5)c5ncccc5c4=O)cc3)ccnc21. The van der Waals surface area contributed by atoms with Crippen molar-refractivity contribution in [3.63, 3.8) is 0 Å². The lowest BCUT2D eigenvalue weighted by Crippen LogP contribution is -2.24. The first-order chi connectivity index (χ1) is 18.5. The number of nitrogens with one attached hydrogen (secondary N) is 1. The van der Waals surface area contributed by atoms with Crippen LogP contribution in [0.2, 0.25) is 0 Å². The fraction of sp³-hybridized carbons (Fsp3) is 0.0345. The first kappa shape index (κ1) is 23.1. The number of carbonyl (C=O) groups excluding carboxylic acids is 1. The summed E-state index contributed by atoms with van der Waals surface area (Å²) in [6, 6.07) is 19.5. The van der Waals surface area contributed by atoms with Crippen molar-refractivity contribution in [1.29, 1.82) is 0 Å². The normalized spacial score (nSPS) is 11.1. The molecule has 2 aromatic carbocycles. The van der Waals surface area contributed by atoms with E-state index in [4.69, 9.17) is 4.74 Å². The van der Waals surface area contributed by atoms with E-state index in [2.05, 4.69) is 15.3 Å². The lowest BCUT2D eigenvalue weighted by atomic mass is 10.1. The second-order valence-corrected chi connectivity index (χ2v) is 8.65. The van der Waals surface area contributed by atoms with Gasteiger partial charge in [0.1, 0.15) is 34.2 Å². The molecule has 4 aromatic heterocycles. The van der Waals surface area contributed by atoms with Crippen LogP contribution < -0.4 is 15.5 Å². The molecular weight excluding hydrogens is 485 g/mol. The van der Waals surface area contributed by atoms with Crippen LogP contribution in [-0.2, 0) is 7.05 Å². The summed E-state index contributed by atoms with van der Waals surface area (Å²) in [4.78, 5) is 35.0. The summed E-state index contributed by atoms with van der Waals surface area (Å²) >= 11 is 0. The highest BCUT2D eigenvalue weighted by Crippen LogP contribution is 2.29. The number of hydrogen-bond acceptors (Lipinski definition) is 5. The number of fused-ring (bicyclic) bond motifs is 2. The van der Waals surface area contributed by atoms with Crippen LogP contribution in [0.4, 0.5) is 10.1 Å². The van der Waals surface area contributed by atoms with E-state index < -0.39 is 17.2 Å². The van der Waals surface area contributed by atoms with Gasteiger partial charge < -0.3 is 19.2 Å². The third kappa shape index (κ3) is 4.16. The van der Waals surface area contributed by atoms with Crippen LogP contribution in [-0.4, -0.2) is 25.0 Å². The van der Waals surface area contributed by atoms with Gasteiger partial charge in [-0.3, -0.25) is 9.59 Å². The summed E-state index contributed by atoms with van der Waals surface area (Å²) < 4.78 is 23.0. The van der Waals surface area contributed by atoms with Crippen LogP contribution in [0.3, 0.4) is 0 Å². The van der Waals surface area contributed by atoms with E-state index >= 15 is 0 Å². The molecule has 0 spiro atoms. The third-order valence-electron chi connectivity index (χ3n) is 6.18.